The molecule has 8 nitrogen and oxygen atoms in total. The summed E-state index contributed by atoms with van der Waals surface area (Å²) in [7, 11) is 1.37. The Labute approximate surface area is 223 Å². The monoisotopic (exact) mass is 537 g/mol. The second-order valence-electron chi connectivity index (χ2n) is 8.67. The van der Waals surface area contributed by atoms with Crippen LogP contribution in [0.15, 0.2) is 24.5 Å². The first kappa shape index (κ1) is 27.2. The molecule has 196 valence electrons. The summed E-state index contributed by atoms with van der Waals surface area (Å²) in [6, 6.07) is 2.68. The summed E-state index contributed by atoms with van der Waals surface area (Å²) in [5.74, 6) is 11.6. The lowest BCUT2D eigenvalue weighted by molar-refractivity contribution is 0.0740. The van der Waals surface area contributed by atoms with E-state index in [1.54, 1.807) is 0 Å². The fraction of sp³-hybridized carbons (Fsp3) is 0.370. The maximum Gasteiger partial charge on any atom is 0.280 e. The number of hydrogen-bond acceptors (Lipinski definition) is 8. The van der Waals surface area contributed by atoms with E-state index in [0.29, 0.717) is 36.6 Å². The van der Waals surface area contributed by atoms with Crippen LogP contribution in [0.25, 0.3) is 11.1 Å². The molecule has 2 fully saturated rings. The number of nitrogens with one attached hydrogen (secondary N) is 3. The van der Waals surface area contributed by atoms with Crippen molar-refractivity contribution in [3.63, 3.8) is 0 Å². The first-order valence-electron chi connectivity index (χ1n) is 11.9. The molecule has 1 amide bonds. The molecule has 1 unspecified atom stereocenters. The van der Waals surface area contributed by atoms with Crippen LogP contribution in [0.5, 0.6) is 5.75 Å². The highest BCUT2D eigenvalue weighted by molar-refractivity contribution is 8.26. The van der Waals surface area contributed by atoms with Crippen LogP contribution in [-0.2, 0) is 4.74 Å². The highest BCUT2D eigenvalue weighted by Crippen LogP contribution is 2.35. The number of alkyl halides is 2. The van der Waals surface area contributed by atoms with Crippen LogP contribution in [0.3, 0.4) is 0 Å². The lowest BCUT2D eigenvalue weighted by Crippen LogP contribution is -2.29. The van der Waals surface area contributed by atoms with Crippen molar-refractivity contribution >= 4 is 27.9 Å². The van der Waals surface area contributed by atoms with Gasteiger partial charge < -0.3 is 14.8 Å². The molecule has 0 bridgehead atoms. The number of amidine groups is 1. The average molecular weight is 538 g/mol. The Morgan fingerprint density at radius 1 is 1.16 bits per heavy atom. The SMILES string of the molecule is COc1cnc(C(F)F)cc1-c1cc(C#CC2CCCOC2)ncc1C(=O)NC(=N)SC(=N)C#CC1CC1. The standard InChI is InChI=1S/C27H25F2N5O3S/c1-36-23-14-33-22(25(28)29)12-20(23)19-11-18(8-6-17-3-2-10-37-15-17)32-13-21(19)26(35)34-27(31)38-24(30)9-7-16-4-5-16/h11-14,16-17,25,30H,2-5,10,15H2,1H3,(H2,31,34,35). The Kier molecular flexibility index (Phi) is 9.06. The summed E-state index contributed by atoms with van der Waals surface area (Å²) in [6.45, 7) is 1.23. The Morgan fingerprint density at radius 3 is 2.66 bits per heavy atom. The topological polar surface area (TPSA) is 121 Å². The van der Waals surface area contributed by atoms with E-state index in [1.807, 2.05) is 0 Å². The van der Waals surface area contributed by atoms with Crippen molar-refractivity contribution in [1.29, 1.82) is 10.8 Å². The quantitative estimate of drug-likeness (QED) is 0.297. The van der Waals surface area contributed by atoms with Crippen LogP contribution in [0, 0.1) is 46.3 Å². The van der Waals surface area contributed by atoms with E-state index in [2.05, 4.69) is 39.0 Å². The molecule has 38 heavy (non-hydrogen) atoms. The summed E-state index contributed by atoms with van der Waals surface area (Å²) in [5.41, 5.74) is 0.311. The zero-order valence-corrected chi connectivity index (χ0v) is 21.4. The van der Waals surface area contributed by atoms with Gasteiger partial charge in [-0.05, 0) is 61.4 Å². The van der Waals surface area contributed by atoms with Crippen molar-refractivity contribution in [2.24, 2.45) is 11.8 Å². The number of aromatic nitrogens is 2. The molecular formula is C27H25F2N5O3S. The van der Waals surface area contributed by atoms with Gasteiger partial charge in [-0.3, -0.25) is 20.6 Å². The molecule has 1 aliphatic heterocycles. The number of pyridine rings is 2. The summed E-state index contributed by atoms with van der Waals surface area (Å²) < 4.78 is 37.8. The predicted molar refractivity (Wildman–Crippen MR) is 140 cm³/mol. The van der Waals surface area contributed by atoms with Gasteiger partial charge in [0.15, 0.2) is 5.17 Å². The van der Waals surface area contributed by atoms with E-state index in [-0.39, 0.29) is 38.6 Å². The molecule has 1 atom stereocenters. The predicted octanol–water partition coefficient (Wildman–Crippen LogP) is 4.66. The number of thioether (sulfide) groups is 1. The third-order valence-corrected chi connectivity index (χ3v) is 6.35. The van der Waals surface area contributed by atoms with Crippen LogP contribution in [0.4, 0.5) is 8.78 Å². The van der Waals surface area contributed by atoms with Gasteiger partial charge in [0.05, 0.1) is 25.5 Å². The third-order valence-electron chi connectivity index (χ3n) is 5.73. The van der Waals surface area contributed by atoms with Crippen molar-refractivity contribution in [3.8, 4) is 40.6 Å². The number of amides is 1. The normalized spacial score (nSPS) is 16.5. The minimum absolute atomic E-state index is 0.0159. The molecule has 2 aromatic heterocycles. The van der Waals surface area contributed by atoms with Gasteiger partial charge in [0, 0.05) is 35.8 Å². The van der Waals surface area contributed by atoms with Crippen molar-refractivity contribution in [1.82, 2.24) is 15.3 Å². The van der Waals surface area contributed by atoms with Gasteiger partial charge >= 0.3 is 0 Å². The Bertz CT molecular complexity index is 1370. The number of carbonyl (C=O) groups excluding carboxylic acids is 1. The number of carbonyl (C=O) groups is 1. The van der Waals surface area contributed by atoms with Crippen LogP contribution in [0.1, 0.15) is 53.9 Å². The Hall–Kier alpha value is -3.80. The molecular weight excluding hydrogens is 512 g/mol. The van der Waals surface area contributed by atoms with Crippen LogP contribution < -0.4 is 10.1 Å². The maximum absolute atomic E-state index is 13.5. The molecule has 0 radical (unpaired) electrons. The third kappa shape index (κ3) is 7.37. The Balaban J connectivity index is 1.65. The zero-order chi connectivity index (χ0) is 27.1. The highest BCUT2D eigenvalue weighted by atomic mass is 32.2. The van der Waals surface area contributed by atoms with E-state index >= 15 is 0 Å². The van der Waals surface area contributed by atoms with Crippen molar-refractivity contribution < 1.29 is 23.0 Å². The first-order chi connectivity index (χ1) is 18.3. The fourth-order valence-corrected chi connectivity index (χ4v) is 4.09. The van der Waals surface area contributed by atoms with Crippen molar-refractivity contribution in [3.05, 3.63) is 41.5 Å². The van der Waals surface area contributed by atoms with E-state index in [0.717, 1.165) is 31.7 Å². The van der Waals surface area contributed by atoms with E-state index < -0.39 is 18.0 Å². The fourth-order valence-electron chi connectivity index (χ4n) is 3.63. The molecule has 1 saturated carbocycles. The number of ether oxygens (including phenoxy) is 2. The van der Waals surface area contributed by atoms with Crippen LogP contribution >= 0.6 is 11.8 Å². The minimum Gasteiger partial charge on any atom is -0.494 e. The van der Waals surface area contributed by atoms with Gasteiger partial charge in [0.25, 0.3) is 12.3 Å². The van der Waals surface area contributed by atoms with Gasteiger partial charge in [-0.25, -0.2) is 13.8 Å². The van der Waals surface area contributed by atoms with Crippen LogP contribution in [0.2, 0.25) is 0 Å². The van der Waals surface area contributed by atoms with E-state index in [4.69, 9.17) is 20.3 Å². The molecule has 2 aromatic rings. The van der Waals surface area contributed by atoms with Gasteiger partial charge in [-0.15, -0.1) is 0 Å². The minimum atomic E-state index is -2.84. The highest BCUT2D eigenvalue weighted by Gasteiger charge is 2.22. The summed E-state index contributed by atoms with van der Waals surface area (Å²) in [5, 5.41) is 18.1. The van der Waals surface area contributed by atoms with Crippen molar-refractivity contribution in [2.75, 3.05) is 20.3 Å². The maximum atomic E-state index is 13.5. The van der Waals surface area contributed by atoms with E-state index in [1.165, 1.54) is 25.6 Å². The largest absolute Gasteiger partial charge is 0.494 e. The van der Waals surface area contributed by atoms with Gasteiger partial charge in [0.1, 0.15) is 22.2 Å². The van der Waals surface area contributed by atoms with Gasteiger partial charge in [-0.1, -0.05) is 11.8 Å². The second kappa shape index (κ2) is 12.6. The molecule has 0 spiro atoms. The average Bonchev–Trinajstić information content (AvgIpc) is 3.75. The van der Waals surface area contributed by atoms with Gasteiger partial charge in [-0.2, -0.15) is 0 Å². The second-order valence-corrected chi connectivity index (χ2v) is 9.69. The molecule has 4 rings (SSSR count). The van der Waals surface area contributed by atoms with Crippen LogP contribution in [-0.4, -0.2) is 46.4 Å². The molecule has 1 aliphatic carbocycles. The lowest BCUT2D eigenvalue weighted by atomic mass is 9.98. The number of halogens is 2. The molecule has 0 aromatic carbocycles. The van der Waals surface area contributed by atoms with Crippen molar-refractivity contribution in [2.45, 2.75) is 32.1 Å². The van der Waals surface area contributed by atoms with Gasteiger partial charge in [0.2, 0.25) is 0 Å². The lowest BCUT2D eigenvalue weighted by Gasteiger charge is -2.16. The first-order valence-corrected chi connectivity index (χ1v) is 12.7. The number of nitrogens with zero attached hydrogens (tertiary/aromatic N) is 2. The molecule has 3 N–H and O–H groups in total. The zero-order valence-electron chi connectivity index (χ0n) is 20.6. The summed E-state index contributed by atoms with van der Waals surface area (Å²) in [4.78, 5) is 21.2. The number of rotatable bonds is 4. The molecule has 3 heterocycles. The number of hydrogen-bond donors (Lipinski definition) is 3. The Morgan fingerprint density at radius 2 is 1.97 bits per heavy atom. The number of methoxy groups -OCH3 is 1. The molecule has 2 aliphatic rings. The molecule has 1 saturated heterocycles. The molecule has 11 heteroatoms. The summed E-state index contributed by atoms with van der Waals surface area (Å²) >= 11 is 0.708. The van der Waals surface area contributed by atoms with E-state index in [9.17, 15) is 13.6 Å². The smallest absolute Gasteiger partial charge is 0.280 e. The summed E-state index contributed by atoms with van der Waals surface area (Å²) in [6.07, 6.45) is 3.44.